The van der Waals surface area contributed by atoms with Gasteiger partial charge in [-0.2, -0.15) is 4.72 Å². The normalized spacial score (nSPS) is 14.3. The molecule has 2 N–H and O–H groups in total. The van der Waals surface area contributed by atoms with E-state index in [1.54, 1.807) is 42.4 Å². The first-order valence-electron chi connectivity index (χ1n) is 10.8. The number of rotatable bonds is 9. The van der Waals surface area contributed by atoms with Crippen molar-refractivity contribution in [2.45, 2.75) is 57.5 Å². The minimum atomic E-state index is -3.92. The summed E-state index contributed by atoms with van der Waals surface area (Å²) in [5.74, 6) is -0.257. The van der Waals surface area contributed by atoms with Crippen molar-refractivity contribution in [3.8, 4) is 0 Å². The molecule has 0 fully saturated rings. The minimum absolute atomic E-state index is 0.0137. The van der Waals surface area contributed by atoms with Crippen LogP contribution in [0.3, 0.4) is 0 Å². The van der Waals surface area contributed by atoms with Crippen molar-refractivity contribution < 1.29 is 18.0 Å². The third-order valence-corrected chi connectivity index (χ3v) is 6.84. The lowest BCUT2D eigenvalue weighted by atomic mass is 10.0. The fourth-order valence-corrected chi connectivity index (χ4v) is 5.00. The van der Waals surface area contributed by atoms with Crippen LogP contribution < -0.4 is 14.9 Å². The van der Waals surface area contributed by atoms with E-state index in [1.165, 1.54) is 6.07 Å². The van der Waals surface area contributed by atoms with E-state index in [4.69, 9.17) is 0 Å². The van der Waals surface area contributed by atoms with Crippen molar-refractivity contribution in [1.82, 2.24) is 15.0 Å². The zero-order valence-corrected chi connectivity index (χ0v) is 19.5. The molecule has 0 unspecified atom stereocenters. The van der Waals surface area contributed by atoms with Crippen LogP contribution in [-0.2, 0) is 32.6 Å². The molecule has 1 atom stereocenters. The molecule has 0 radical (unpaired) electrons. The van der Waals surface area contributed by atoms with Gasteiger partial charge in [0.05, 0.1) is 4.90 Å². The van der Waals surface area contributed by atoms with Gasteiger partial charge in [0.1, 0.15) is 6.04 Å². The lowest BCUT2D eigenvalue weighted by molar-refractivity contribution is -0.123. The largest absolute Gasteiger partial charge is 0.351 e. The van der Waals surface area contributed by atoms with E-state index >= 15 is 0 Å². The van der Waals surface area contributed by atoms with E-state index in [0.717, 1.165) is 16.8 Å². The van der Waals surface area contributed by atoms with Gasteiger partial charge in [0.15, 0.2) is 0 Å². The Hall–Kier alpha value is -2.78. The first-order chi connectivity index (χ1) is 15.2. The molecule has 8 nitrogen and oxygen atoms in total. The van der Waals surface area contributed by atoms with Crippen molar-refractivity contribution in [1.29, 1.82) is 0 Å². The first-order valence-corrected chi connectivity index (χ1v) is 12.3. The number of nitrogens with one attached hydrogen (secondary N) is 2. The average molecular weight is 459 g/mol. The number of sulfonamides is 1. The molecule has 172 valence electrons. The fourth-order valence-electron chi connectivity index (χ4n) is 3.75. The highest BCUT2D eigenvalue weighted by Gasteiger charge is 2.29. The van der Waals surface area contributed by atoms with Gasteiger partial charge in [-0.3, -0.25) is 14.6 Å². The first kappa shape index (κ1) is 23.9. The molecule has 0 aliphatic carbocycles. The topological polar surface area (TPSA) is 108 Å². The van der Waals surface area contributed by atoms with E-state index in [9.17, 15) is 18.0 Å². The summed E-state index contributed by atoms with van der Waals surface area (Å²) >= 11 is 0. The van der Waals surface area contributed by atoms with Crippen LogP contribution in [0.4, 0.5) is 5.69 Å². The number of hydrogen-bond donors (Lipinski definition) is 2. The van der Waals surface area contributed by atoms with Gasteiger partial charge >= 0.3 is 0 Å². The van der Waals surface area contributed by atoms with Crippen molar-refractivity contribution in [2.24, 2.45) is 5.92 Å². The van der Waals surface area contributed by atoms with Crippen LogP contribution in [0.15, 0.2) is 47.6 Å². The van der Waals surface area contributed by atoms with E-state index in [0.29, 0.717) is 25.8 Å². The van der Waals surface area contributed by atoms with Gasteiger partial charge in [-0.25, -0.2) is 8.42 Å². The Morgan fingerprint density at radius 1 is 1.22 bits per heavy atom. The SMILES string of the molecule is CCC(=O)N1CCc2cc(S(=O)(=O)N[C@@H](CC(C)C)C(=O)NCc3cccnc3)ccc21. The predicted molar refractivity (Wildman–Crippen MR) is 122 cm³/mol. The maximum atomic E-state index is 13.1. The molecule has 1 aromatic heterocycles. The van der Waals surface area contributed by atoms with Gasteiger partial charge in [0, 0.05) is 37.6 Å². The van der Waals surface area contributed by atoms with E-state index < -0.39 is 16.1 Å². The maximum Gasteiger partial charge on any atom is 0.241 e. The second kappa shape index (κ2) is 10.2. The third-order valence-electron chi connectivity index (χ3n) is 5.37. The number of amides is 2. The maximum absolute atomic E-state index is 13.1. The predicted octanol–water partition coefficient (Wildman–Crippen LogP) is 2.39. The Morgan fingerprint density at radius 3 is 2.66 bits per heavy atom. The molecule has 0 spiro atoms. The van der Waals surface area contributed by atoms with Crippen LogP contribution in [0.1, 0.15) is 44.7 Å². The van der Waals surface area contributed by atoms with Gasteiger partial charge in [-0.05, 0) is 54.2 Å². The molecule has 2 amide bonds. The van der Waals surface area contributed by atoms with E-state index in [2.05, 4.69) is 15.0 Å². The molecule has 0 saturated heterocycles. The number of benzene rings is 1. The molecule has 2 heterocycles. The van der Waals surface area contributed by atoms with Crippen molar-refractivity contribution in [3.63, 3.8) is 0 Å². The molecule has 9 heteroatoms. The number of fused-ring (bicyclic) bond motifs is 1. The Labute approximate surface area is 189 Å². The molecule has 0 saturated carbocycles. The second-order valence-electron chi connectivity index (χ2n) is 8.32. The number of hydrogen-bond acceptors (Lipinski definition) is 5. The standard InChI is InChI=1S/C23H30N4O4S/c1-4-22(28)27-11-9-18-13-19(7-8-21(18)27)32(30,31)26-20(12-16(2)3)23(29)25-15-17-6-5-10-24-14-17/h5-8,10,13-14,16,20,26H,4,9,11-12,15H2,1-3H3,(H,25,29)/t20-/m0/s1. The highest BCUT2D eigenvalue weighted by Crippen LogP contribution is 2.30. The summed E-state index contributed by atoms with van der Waals surface area (Å²) in [7, 11) is -3.92. The molecule has 1 aliphatic rings. The number of nitrogens with zero attached hydrogens (tertiary/aromatic N) is 2. The molecule has 32 heavy (non-hydrogen) atoms. The van der Waals surface area contributed by atoms with Crippen molar-refractivity contribution in [3.05, 3.63) is 53.9 Å². The van der Waals surface area contributed by atoms with Crippen molar-refractivity contribution >= 4 is 27.5 Å². The van der Waals surface area contributed by atoms with E-state index in [1.807, 2.05) is 19.9 Å². The minimum Gasteiger partial charge on any atom is -0.351 e. The molecular weight excluding hydrogens is 428 g/mol. The van der Waals surface area contributed by atoms with Crippen LogP contribution in [0.5, 0.6) is 0 Å². The number of carbonyl (C=O) groups excluding carboxylic acids is 2. The monoisotopic (exact) mass is 458 g/mol. The zero-order valence-electron chi connectivity index (χ0n) is 18.7. The highest BCUT2D eigenvalue weighted by molar-refractivity contribution is 7.89. The van der Waals surface area contributed by atoms with E-state index in [-0.39, 0.29) is 29.2 Å². The number of aromatic nitrogens is 1. The van der Waals surface area contributed by atoms with Crippen molar-refractivity contribution in [2.75, 3.05) is 11.4 Å². The molecule has 3 rings (SSSR count). The van der Waals surface area contributed by atoms with Gasteiger partial charge < -0.3 is 10.2 Å². The second-order valence-corrected chi connectivity index (χ2v) is 10.0. The van der Waals surface area contributed by atoms with Gasteiger partial charge in [-0.15, -0.1) is 0 Å². The summed E-state index contributed by atoms with van der Waals surface area (Å²) in [6, 6.07) is 7.47. The summed E-state index contributed by atoms with van der Waals surface area (Å²) in [4.78, 5) is 30.7. The quantitative estimate of drug-likeness (QED) is 0.600. The summed E-state index contributed by atoms with van der Waals surface area (Å²) in [6.07, 6.45) is 4.66. The van der Waals surface area contributed by atoms with Gasteiger partial charge in [0.25, 0.3) is 0 Å². The Balaban J connectivity index is 1.75. The molecule has 1 aliphatic heterocycles. The number of anilines is 1. The van der Waals surface area contributed by atoms with Crippen LogP contribution in [0, 0.1) is 5.92 Å². The lowest BCUT2D eigenvalue weighted by Crippen LogP contribution is -2.47. The summed E-state index contributed by atoms with van der Waals surface area (Å²) < 4.78 is 28.8. The summed E-state index contributed by atoms with van der Waals surface area (Å²) in [5, 5.41) is 2.79. The Bertz CT molecular complexity index is 1070. The zero-order chi connectivity index (χ0) is 23.3. The van der Waals surface area contributed by atoms with Crippen LogP contribution in [0.25, 0.3) is 0 Å². The van der Waals surface area contributed by atoms with Crippen LogP contribution >= 0.6 is 0 Å². The van der Waals surface area contributed by atoms with Gasteiger partial charge in [-0.1, -0.05) is 26.8 Å². The molecular formula is C23H30N4O4S. The third kappa shape index (κ3) is 5.72. The highest BCUT2D eigenvalue weighted by atomic mass is 32.2. The van der Waals surface area contributed by atoms with Gasteiger partial charge in [0.2, 0.25) is 21.8 Å². The summed E-state index contributed by atoms with van der Waals surface area (Å²) in [6.45, 7) is 6.49. The lowest BCUT2D eigenvalue weighted by Gasteiger charge is -2.21. The molecule has 0 bridgehead atoms. The van der Waals surface area contributed by atoms with Crippen LogP contribution in [0.2, 0.25) is 0 Å². The molecule has 1 aromatic carbocycles. The number of carbonyl (C=O) groups is 2. The number of pyridine rings is 1. The Kier molecular flexibility index (Phi) is 7.63. The smallest absolute Gasteiger partial charge is 0.241 e. The summed E-state index contributed by atoms with van der Waals surface area (Å²) in [5.41, 5.74) is 2.40. The average Bonchev–Trinajstić information content (AvgIpc) is 3.20. The fraction of sp³-hybridized carbons (Fsp3) is 0.435. The van der Waals surface area contributed by atoms with Crippen LogP contribution in [-0.4, -0.2) is 37.8 Å². The molecule has 2 aromatic rings. The Morgan fingerprint density at radius 2 is 2.00 bits per heavy atom.